The van der Waals surface area contributed by atoms with Crippen molar-refractivity contribution in [2.24, 2.45) is 5.92 Å². The maximum absolute atomic E-state index is 11.9. The SMILES string of the molecule is CC1CNCC1NS(=O)(=O)C(F)F. The van der Waals surface area contributed by atoms with Crippen LogP contribution in [0.15, 0.2) is 0 Å². The van der Waals surface area contributed by atoms with Crippen molar-refractivity contribution in [2.75, 3.05) is 13.1 Å². The number of hydrogen-bond acceptors (Lipinski definition) is 3. The molecule has 7 heteroatoms. The van der Waals surface area contributed by atoms with E-state index in [1.54, 1.807) is 6.92 Å². The van der Waals surface area contributed by atoms with Crippen molar-refractivity contribution in [1.29, 1.82) is 0 Å². The Balaban J connectivity index is 2.58. The third-order valence-electron chi connectivity index (χ3n) is 2.07. The number of alkyl halides is 2. The average molecular weight is 214 g/mol. The van der Waals surface area contributed by atoms with Crippen LogP contribution in [0.5, 0.6) is 0 Å². The summed E-state index contributed by atoms with van der Waals surface area (Å²) < 4.78 is 47.3. The van der Waals surface area contributed by atoms with Crippen molar-refractivity contribution in [1.82, 2.24) is 10.0 Å². The fraction of sp³-hybridized carbons (Fsp3) is 1.00. The molecule has 1 rings (SSSR count). The third kappa shape index (κ3) is 2.58. The van der Waals surface area contributed by atoms with Crippen LogP contribution in [0, 0.1) is 5.92 Å². The molecular formula is C6H12F2N2O2S. The first-order valence-corrected chi connectivity index (χ1v) is 5.48. The smallest absolute Gasteiger partial charge is 0.315 e. The molecule has 2 atom stereocenters. The Kier molecular flexibility index (Phi) is 3.20. The second-order valence-electron chi connectivity index (χ2n) is 3.17. The summed E-state index contributed by atoms with van der Waals surface area (Å²) in [6.07, 6.45) is 0. The zero-order valence-electron chi connectivity index (χ0n) is 7.13. The Labute approximate surface area is 75.7 Å². The van der Waals surface area contributed by atoms with E-state index in [4.69, 9.17) is 0 Å². The molecule has 0 radical (unpaired) electrons. The van der Waals surface area contributed by atoms with Gasteiger partial charge < -0.3 is 5.32 Å². The van der Waals surface area contributed by atoms with Gasteiger partial charge in [0, 0.05) is 12.6 Å². The highest BCUT2D eigenvalue weighted by molar-refractivity contribution is 7.89. The number of rotatable bonds is 3. The van der Waals surface area contributed by atoms with Crippen molar-refractivity contribution in [2.45, 2.75) is 18.7 Å². The molecule has 0 aromatic heterocycles. The lowest BCUT2D eigenvalue weighted by molar-refractivity contribution is 0.231. The molecule has 2 unspecified atom stereocenters. The van der Waals surface area contributed by atoms with Crippen LogP contribution in [-0.2, 0) is 10.0 Å². The van der Waals surface area contributed by atoms with Crippen LogP contribution in [0.3, 0.4) is 0 Å². The van der Waals surface area contributed by atoms with Gasteiger partial charge in [0.05, 0.1) is 0 Å². The average Bonchev–Trinajstić information content (AvgIpc) is 2.35. The third-order valence-corrected chi connectivity index (χ3v) is 3.17. The molecule has 1 fully saturated rings. The number of nitrogens with one attached hydrogen (secondary N) is 2. The molecule has 0 spiro atoms. The molecular weight excluding hydrogens is 202 g/mol. The lowest BCUT2D eigenvalue weighted by Crippen LogP contribution is -2.42. The van der Waals surface area contributed by atoms with Crippen molar-refractivity contribution in [3.8, 4) is 0 Å². The topological polar surface area (TPSA) is 58.2 Å². The summed E-state index contributed by atoms with van der Waals surface area (Å²) in [5.74, 6) is -3.30. The van der Waals surface area contributed by atoms with Gasteiger partial charge in [-0.3, -0.25) is 0 Å². The molecule has 0 amide bonds. The minimum absolute atomic E-state index is 0.0496. The zero-order chi connectivity index (χ0) is 10.1. The van der Waals surface area contributed by atoms with E-state index in [0.717, 1.165) is 0 Å². The second-order valence-corrected chi connectivity index (χ2v) is 4.85. The van der Waals surface area contributed by atoms with Crippen molar-refractivity contribution in [3.63, 3.8) is 0 Å². The van der Waals surface area contributed by atoms with Gasteiger partial charge in [-0.2, -0.15) is 8.78 Å². The molecule has 0 aromatic rings. The van der Waals surface area contributed by atoms with E-state index < -0.39 is 21.8 Å². The Morgan fingerprint density at radius 2 is 2.08 bits per heavy atom. The largest absolute Gasteiger partial charge is 0.350 e. The number of halogens is 2. The first-order valence-electron chi connectivity index (χ1n) is 3.93. The molecule has 1 heterocycles. The van der Waals surface area contributed by atoms with E-state index in [2.05, 4.69) is 5.32 Å². The summed E-state index contributed by atoms with van der Waals surface area (Å²) in [5.41, 5.74) is 0. The van der Waals surface area contributed by atoms with Gasteiger partial charge in [0.15, 0.2) is 0 Å². The van der Waals surface area contributed by atoms with Gasteiger partial charge in [-0.05, 0) is 12.5 Å². The van der Waals surface area contributed by atoms with Crippen LogP contribution in [-0.4, -0.2) is 33.3 Å². The van der Waals surface area contributed by atoms with Crippen LogP contribution in [0.2, 0.25) is 0 Å². The second kappa shape index (κ2) is 3.85. The Morgan fingerprint density at radius 3 is 2.46 bits per heavy atom. The first kappa shape index (κ1) is 10.8. The van der Waals surface area contributed by atoms with Crippen LogP contribution < -0.4 is 10.0 Å². The first-order chi connectivity index (χ1) is 5.93. The quantitative estimate of drug-likeness (QED) is 0.680. The minimum atomic E-state index is -4.44. The maximum Gasteiger partial charge on any atom is 0.350 e. The Hall–Kier alpha value is -0.270. The molecule has 1 aliphatic rings. The molecule has 0 bridgehead atoms. The molecule has 2 N–H and O–H groups in total. The zero-order valence-corrected chi connectivity index (χ0v) is 7.94. The number of hydrogen-bond donors (Lipinski definition) is 2. The summed E-state index contributed by atoms with van der Waals surface area (Å²) in [6, 6.07) is -0.418. The van der Waals surface area contributed by atoms with Gasteiger partial charge in [0.2, 0.25) is 0 Å². The summed E-state index contributed by atoms with van der Waals surface area (Å²) in [6.45, 7) is 2.86. The lowest BCUT2D eigenvalue weighted by Gasteiger charge is -2.15. The van der Waals surface area contributed by atoms with Crippen LogP contribution in [0.1, 0.15) is 6.92 Å². The highest BCUT2D eigenvalue weighted by atomic mass is 32.2. The number of sulfonamides is 1. The van der Waals surface area contributed by atoms with Gasteiger partial charge in [-0.25, -0.2) is 13.1 Å². The molecule has 13 heavy (non-hydrogen) atoms. The highest BCUT2D eigenvalue weighted by Gasteiger charge is 2.32. The fourth-order valence-electron chi connectivity index (χ4n) is 1.23. The van der Waals surface area contributed by atoms with Gasteiger partial charge in [-0.15, -0.1) is 0 Å². The maximum atomic E-state index is 11.9. The molecule has 4 nitrogen and oxygen atoms in total. The fourth-order valence-corrected chi connectivity index (χ4v) is 2.07. The van der Waals surface area contributed by atoms with Crippen LogP contribution >= 0.6 is 0 Å². The van der Waals surface area contributed by atoms with E-state index >= 15 is 0 Å². The van der Waals surface area contributed by atoms with Gasteiger partial charge in [0.25, 0.3) is 10.0 Å². The molecule has 0 aliphatic carbocycles. The summed E-state index contributed by atoms with van der Waals surface area (Å²) in [5, 5.41) is 2.91. The van der Waals surface area contributed by atoms with Crippen molar-refractivity contribution >= 4 is 10.0 Å². The van der Waals surface area contributed by atoms with E-state index in [1.807, 2.05) is 4.72 Å². The van der Waals surface area contributed by atoms with Crippen LogP contribution in [0.4, 0.5) is 8.78 Å². The van der Waals surface area contributed by atoms with Crippen molar-refractivity contribution in [3.05, 3.63) is 0 Å². The van der Waals surface area contributed by atoms with Gasteiger partial charge in [-0.1, -0.05) is 6.92 Å². The van der Waals surface area contributed by atoms with Gasteiger partial charge in [0.1, 0.15) is 0 Å². The molecule has 78 valence electrons. The summed E-state index contributed by atoms with van der Waals surface area (Å²) in [7, 11) is -4.44. The van der Waals surface area contributed by atoms with Crippen molar-refractivity contribution < 1.29 is 17.2 Å². The Bertz CT molecular complexity index is 268. The van der Waals surface area contributed by atoms with E-state index in [9.17, 15) is 17.2 Å². The molecule has 1 saturated heterocycles. The Morgan fingerprint density at radius 1 is 1.46 bits per heavy atom. The molecule has 0 aromatic carbocycles. The van der Waals surface area contributed by atoms with E-state index in [0.29, 0.717) is 13.1 Å². The standard InChI is InChI=1S/C6H12F2N2O2S/c1-4-2-9-3-5(4)10-13(11,12)6(7)8/h4-6,9-10H,2-3H2,1H3. The molecule has 0 saturated carbocycles. The monoisotopic (exact) mass is 214 g/mol. The predicted molar refractivity (Wildman–Crippen MR) is 43.9 cm³/mol. The summed E-state index contributed by atoms with van der Waals surface area (Å²) in [4.78, 5) is 0. The molecule has 1 aliphatic heterocycles. The summed E-state index contributed by atoms with van der Waals surface area (Å²) >= 11 is 0. The van der Waals surface area contributed by atoms with Crippen LogP contribution in [0.25, 0.3) is 0 Å². The normalized spacial score (nSPS) is 29.8. The van der Waals surface area contributed by atoms with E-state index in [1.165, 1.54) is 0 Å². The minimum Gasteiger partial charge on any atom is -0.315 e. The highest BCUT2D eigenvalue weighted by Crippen LogP contribution is 2.11. The van der Waals surface area contributed by atoms with Gasteiger partial charge >= 0.3 is 5.76 Å². The predicted octanol–water partition coefficient (Wildman–Crippen LogP) is -0.264. The lowest BCUT2D eigenvalue weighted by atomic mass is 10.1. The van der Waals surface area contributed by atoms with E-state index in [-0.39, 0.29) is 5.92 Å².